The number of aromatic carboxylic acids is 1. The molecule has 2 amide bonds. The lowest BCUT2D eigenvalue weighted by Crippen LogP contribution is -2.41. The number of hydrogen-bond donors (Lipinski definition) is 3. The number of hydrogen-bond acceptors (Lipinski definition) is 6. The predicted molar refractivity (Wildman–Crippen MR) is 87.6 cm³/mol. The molecule has 2 atom stereocenters. The molecular formula is C12H17N3O3S3. The molecule has 116 valence electrons. The summed E-state index contributed by atoms with van der Waals surface area (Å²) in [5, 5.41) is 17.0. The third kappa shape index (κ3) is 5.08. The van der Waals surface area contributed by atoms with Gasteiger partial charge >= 0.3 is 12.0 Å². The zero-order chi connectivity index (χ0) is 15.2. The monoisotopic (exact) mass is 347 g/mol. The van der Waals surface area contributed by atoms with E-state index in [0.29, 0.717) is 16.8 Å². The van der Waals surface area contributed by atoms with E-state index in [9.17, 15) is 9.59 Å². The number of nitrogens with zero attached hydrogens (tertiary/aromatic N) is 1. The summed E-state index contributed by atoms with van der Waals surface area (Å²) in [6, 6.07) is -0.553. The second-order valence-electron chi connectivity index (χ2n) is 4.52. The first-order valence-electron chi connectivity index (χ1n) is 6.48. The zero-order valence-electron chi connectivity index (χ0n) is 11.5. The molecule has 2 unspecified atom stereocenters. The van der Waals surface area contributed by atoms with Crippen LogP contribution in [0.5, 0.6) is 0 Å². The molecule has 9 heteroatoms. The molecule has 2 rings (SSSR count). The van der Waals surface area contributed by atoms with Gasteiger partial charge in [-0.3, -0.25) is 0 Å². The van der Waals surface area contributed by atoms with Gasteiger partial charge in [0.15, 0.2) is 5.69 Å². The maximum Gasteiger partial charge on any atom is 0.355 e. The third-order valence-corrected chi connectivity index (χ3v) is 6.71. The first-order valence-corrected chi connectivity index (χ1v) is 9.57. The second-order valence-corrected chi connectivity index (χ2v) is 7.97. The van der Waals surface area contributed by atoms with Crippen LogP contribution >= 0.6 is 34.9 Å². The van der Waals surface area contributed by atoms with Crippen LogP contribution in [-0.2, 0) is 0 Å². The Morgan fingerprint density at radius 2 is 2.33 bits per heavy atom. The van der Waals surface area contributed by atoms with Crippen molar-refractivity contribution in [2.75, 3.05) is 23.8 Å². The summed E-state index contributed by atoms with van der Waals surface area (Å²) in [5.74, 6) is 2.32. The molecule has 0 saturated carbocycles. The molecule has 3 N–H and O–H groups in total. The van der Waals surface area contributed by atoms with E-state index in [0.717, 1.165) is 11.5 Å². The van der Waals surface area contributed by atoms with Crippen LogP contribution < -0.4 is 10.6 Å². The molecule has 1 aromatic rings. The number of carbonyl (C=O) groups is 2. The molecule has 21 heavy (non-hydrogen) atoms. The first kappa shape index (κ1) is 16.4. The number of carbonyl (C=O) groups excluding carboxylic acids is 1. The molecule has 1 fully saturated rings. The van der Waals surface area contributed by atoms with Gasteiger partial charge < -0.3 is 15.7 Å². The van der Waals surface area contributed by atoms with E-state index in [2.05, 4.69) is 15.6 Å². The number of carboxylic acid groups (broad SMARTS) is 1. The van der Waals surface area contributed by atoms with Gasteiger partial charge in [0.25, 0.3) is 0 Å². The quantitative estimate of drug-likeness (QED) is 0.755. The van der Waals surface area contributed by atoms with Crippen LogP contribution in [0.1, 0.15) is 28.5 Å². The van der Waals surface area contributed by atoms with Crippen LogP contribution in [0.4, 0.5) is 4.79 Å². The number of carboxylic acids is 1. The first-order chi connectivity index (χ1) is 10.1. The average molecular weight is 347 g/mol. The van der Waals surface area contributed by atoms with E-state index in [1.807, 2.05) is 23.5 Å². The maximum atomic E-state index is 11.8. The normalized spacial score (nSPS) is 19.8. The Bertz CT molecular complexity index is 503. The summed E-state index contributed by atoms with van der Waals surface area (Å²) >= 11 is 5.03. The summed E-state index contributed by atoms with van der Waals surface area (Å²) < 4.78 is 0. The fourth-order valence-corrected chi connectivity index (χ4v) is 5.17. The fourth-order valence-electron chi connectivity index (χ4n) is 1.76. The highest BCUT2D eigenvalue weighted by molar-refractivity contribution is 8.06. The van der Waals surface area contributed by atoms with Crippen molar-refractivity contribution < 1.29 is 14.7 Å². The average Bonchev–Trinajstić information content (AvgIpc) is 2.96. The summed E-state index contributed by atoms with van der Waals surface area (Å²) in [6.07, 6.45) is 0. The lowest BCUT2D eigenvalue weighted by atomic mass is 10.3. The molecule has 1 aliphatic rings. The zero-order valence-corrected chi connectivity index (χ0v) is 13.9. The van der Waals surface area contributed by atoms with Gasteiger partial charge in [-0.15, -0.1) is 11.3 Å². The van der Waals surface area contributed by atoms with E-state index < -0.39 is 5.97 Å². The van der Waals surface area contributed by atoms with Gasteiger partial charge in [0.1, 0.15) is 5.01 Å². The number of thiazole rings is 1. The molecular weight excluding hydrogens is 330 g/mol. The number of aromatic nitrogens is 1. The highest BCUT2D eigenvalue weighted by atomic mass is 32.2. The van der Waals surface area contributed by atoms with Crippen molar-refractivity contribution in [3.05, 3.63) is 16.1 Å². The van der Waals surface area contributed by atoms with Crippen molar-refractivity contribution in [2.24, 2.45) is 0 Å². The molecule has 0 spiro atoms. The van der Waals surface area contributed by atoms with Gasteiger partial charge in [0, 0.05) is 34.4 Å². The van der Waals surface area contributed by atoms with Crippen LogP contribution in [0.25, 0.3) is 0 Å². The lowest BCUT2D eigenvalue weighted by Gasteiger charge is -2.21. The van der Waals surface area contributed by atoms with Crippen molar-refractivity contribution >= 4 is 46.9 Å². The predicted octanol–water partition coefficient (Wildman–Crippen LogP) is 2.05. The molecule has 2 heterocycles. The van der Waals surface area contributed by atoms with Gasteiger partial charge in [-0.05, 0) is 6.92 Å². The van der Waals surface area contributed by atoms with Crippen molar-refractivity contribution in [1.82, 2.24) is 15.6 Å². The highest BCUT2D eigenvalue weighted by Crippen LogP contribution is 2.23. The maximum absolute atomic E-state index is 11.8. The molecule has 1 saturated heterocycles. The molecule has 6 nitrogen and oxygen atoms in total. The number of rotatable bonds is 5. The fraction of sp³-hybridized carbons (Fsp3) is 0.583. The molecule has 0 bridgehead atoms. The van der Waals surface area contributed by atoms with E-state index >= 15 is 0 Å². The van der Waals surface area contributed by atoms with Gasteiger partial charge in [0.05, 0.1) is 6.04 Å². The van der Waals surface area contributed by atoms with Gasteiger partial charge in [0.2, 0.25) is 0 Å². The topological polar surface area (TPSA) is 91.3 Å². The minimum absolute atomic E-state index is 0.0136. The van der Waals surface area contributed by atoms with E-state index in [1.54, 1.807) is 6.92 Å². The van der Waals surface area contributed by atoms with Crippen LogP contribution in [0.15, 0.2) is 5.38 Å². The van der Waals surface area contributed by atoms with Gasteiger partial charge in [-0.25, -0.2) is 14.6 Å². The summed E-state index contributed by atoms with van der Waals surface area (Å²) in [5.41, 5.74) is 0.0136. The summed E-state index contributed by atoms with van der Waals surface area (Å²) in [4.78, 5) is 26.6. The Hall–Kier alpha value is -0.930. The van der Waals surface area contributed by atoms with E-state index in [1.165, 1.54) is 22.5 Å². The molecule has 1 aromatic heterocycles. The molecule has 0 aromatic carbocycles. The Labute approximate surface area is 135 Å². The Balaban J connectivity index is 1.76. The van der Waals surface area contributed by atoms with Crippen molar-refractivity contribution in [2.45, 2.75) is 18.2 Å². The lowest BCUT2D eigenvalue weighted by molar-refractivity contribution is 0.0691. The Morgan fingerprint density at radius 1 is 1.52 bits per heavy atom. The number of urea groups is 1. The van der Waals surface area contributed by atoms with Gasteiger partial charge in [-0.2, -0.15) is 23.5 Å². The SMILES string of the molecule is CC(NC(=O)NCC1CSCCS1)c1nc(C(=O)O)cs1. The minimum Gasteiger partial charge on any atom is -0.476 e. The summed E-state index contributed by atoms with van der Waals surface area (Å²) in [7, 11) is 0. The van der Waals surface area contributed by atoms with Crippen molar-refractivity contribution in [3.63, 3.8) is 0 Å². The number of nitrogens with one attached hydrogen (secondary N) is 2. The number of thioether (sulfide) groups is 2. The van der Waals surface area contributed by atoms with Crippen LogP contribution in [0, 0.1) is 0 Å². The minimum atomic E-state index is -1.05. The molecule has 1 aliphatic heterocycles. The Kier molecular flexibility index (Phi) is 6.19. The highest BCUT2D eigenvalue weighted by Gasteiger charge is 2.18. The van der Waals surface area contributed by atoms with Crippen LogP contribution in [0.3, 0.4) is 0 Å². The molecule has 0 radical (unpaired) electrons. The Morgan fingerprint density at radius 3 is 2.95 bits per heavy atom. The largest absolute Gasteiger partial charge is 0.476 e. The van der Waals surface area contributed by atoms with Crippen molar-refractivity contribution in [1.29, 1.82) is 0 Å². The second kappa shape index (κ2) is 7.90. The standard InChI is InChI=1S/C12H17N3O3S3/c1-7(10-15-9(6-21-10)11(16)17)14-12(18)13-4-8-5-19-2-3-20-8/h6-8H,2-5H2,1H3,(H,16,17)(H2,13,14,18). The van der Waals surface area contributed by atoms with E-state index in [4.69, 9.17) is 5.11 Å². The van der Waals surface area contributed by atoms with E-state index in [-0.39, 0.29) is 17.8 Å². The number of amides is 2. The molecule has 0 aliphatic carbocycles. The van der Waals surface area contributed by atoms with Crippen LogP contribution in [0.2, 0.25) is 0 Å². The van der Waals surface area contributed by atoms with Crippen molar-refractivity contribution in [3.8, 4) is 0 Å². The smallest absolute Gasteiger partial charge is 0.355 e. The van der Waals surface area contributed by atoms with Gasteiger partial charge in [-0.1, -0.05) is 0 Å². The third-order valence-electron chi connectivity index (χ3n) is 2.83. The van der Waals surface area contributed by atoms with Crippen LogP contribution in [-0.4, -0.2) is 51.1 Å². The summed E-state index contributed by atoms with van der Waals surface area (Å²) in [6.45, 7) is 2.43.